The molecule has 1 saturated carbocycles. The van der Waals surface area contributed by atoms with Gasteiger partial charge in [-0.2, -0.15) is 0 Å². The number of rotatable bonds is 7. The molecule has 1 fully saturated rings. The maximum atomic E-state index is 12.9. The molecule has 0 heterocycles. The Balaban J connectivity index is 1.69. The van der Waals surface area contributed by atoms with Gasteiger partial charge in [0.15, 0.2) is 0 Å². The molecular formula is C15H22FN3O. The number of nitrogens with two attached hydrogens (primary N) is 1. The molecule has 1 aliphatic rings. The van der Waals surface area contributed by atoms with Crippen LogP contribution in [0.15, 0.2) is 18.2 Å². The van der Waals surface area contributed by atoms with Crippen LogP contribution >= 0.6 is 0 Å². The van der Waals surface area contributed by atoms with E-state index in [0.717, 1.165) is 25.4 Å². The maximum absolute atomic E-state index is 12.9. The number of nitrogen functional groups attached to an aromatic ring is 1. The van der Waals surface area contributed by atoms with Crippen LogP contribution in [0.3, 0.4) is 0 Å². The van der Waals surface area contributed by atoms with Gasteiger partial charge in [0.2, 0.25) is 5.91 Å². The second-order valence-electron chi connectivity index (χ2n) is 5.59. The van der Waals surface area contributed by atoms with Crippen LogP contribution in [0.4, 0.5) is 15.8 Å². The standard InChI is InChI=1S/C15H22FN3O/c1-19(10-11-4-5-11)8-2-3-15(20)18-14-7-6-12(16)9-13(14)17/h6-7,9,11H,2-5,8,10,17H2,1H3,(H,18,20). The molecule has 110 valence electrons. The smallest absolute Gasteiger partial charge is 0.224 e. The maximum Gasteiger partial charge on any atom is 0.224 e. The van der Waals surface area contributed by atoms with Crippen LogP contribution in [-0.2, 0) is 4.79 Å². The molecule has 1 aromatic rings. The van der Waals surface area contributed by atoms with E-state index in [1.54, 1.807) is 0 Å². The lowest BCUT2D eigenvalue weighted by molar-refractivity contribution is -0.116. The van der Waals surface area contributed by atoms with E-state index in [1.807, 2.05) is 0 Å². The Morgan fingerprint density at radius 3 is 2.90 bits per heavy atom. The van der Waals surface area contributed by atoms with Crippen molar-refractivity contribution in [2.24, 2.45) is 5.92 Å². The lowest BCUT2D eigenvalue weighted by atomic mass is 10.2. The van der Waals surface area contributed by atoms with E-state index in [-0.39, 0.29) is 11.6 Å². The average molecular weight is 279 g/mol. The Morgan fingerprint density at radius 2 is 2.25 bits per heavy atom. The third-order valence-electron chi connectivity index (χ3n) is 3.50. The van der Waals surface area contributed by atoms with Gasteiger partial charge in [-0.25, -0.2) is 4.39 Å². The summed E-state index contributed by atoms with van der Waals surface area (Å²) >= 11 is 0. The van der Waals surface area contributed by atoms with E-state index in [4.69, 9.17) is 5.73 Å². The van der Waals surface area contributed by atoms with E-state index in [0.29, 0.717) is 12.1 Å². The number of amides is 1. The topological polar surface area (TPSA) is 58.4 Å². The predicted molar refractivity (Wildman–Crippen MR) is 78.9 cm³/mol. The Hall–Kier alpha value is -1.62. The number of carbonyl (C=O) groups excluding carboxylic acids is 1. The van der Waals surface area contributed by atoms with Crippen LogP contribution in [0, 0.1) is 11.7 Å². The number of anilines is 2. The third kappa shape index (κ3) is 4.81. The molecule has 0 aromatic heterocycles. The summed E-state index contributed by atoms with van der Waals surface area (Å²) in [6.07, 6.45) is 3.95. The minimum Gasteiger partial charge on any atom is -0.397 e. The van der Waals surface area contributed by atoms with Gasteiger partial charge in [-0.05, 0) is 57.0 Å². The molecule has 1 aromatic carbocycles. The van der Waals surface area contributed by atoms with E-state index < -0.39 is 5.82 Å². The zero-order chi connectivity index (χ0) is 14.5. The van der Waals surface area contributed by atoms with Crippen LogP contribution in [0.1, 0.15) is 25.7 Å². The van der Waals surface area contributed by atoms with E-state index in [9.17, 15) is 9.18 Å². The van der Waals surface area contributed by atoms with Gasteiger partial charge in [0, 0.05) is 13.0 Å². The second kappa shape index (κ2) is 6.70. The van der Waals surface area contributed by atoms with Crippen molar-refractivity contribution in [2.45, 2.75) is 25.7 Å². The Bertz CT molecular complexity index is 474. The fourth-order valence-electron chi connectivity index (χ4n) is 2.20. The van der Waals surface area contributed by atoms with Crippen LogP contribution in [0.25, 0.3) is 0 Å². The van der Waals surface area contributed by atoms with Crippen molar-refractivity contribution in [1.29, 1.82) is 0 Å². The monoisotopic (exact) mass is 279 g/mol. The molecule has 3 N–H and O–H groups in total. The zero-order valence-corrected chi connectivity index (χ0v) is 11.9. The molecule has 20 heavy (non-hydrogen) atoms. The van der Waals surface area contributed by atoms with Crippen LogP contribution < -0.4 is 11.1 Å². The largest absolute Gasteiger partial charge is 0.397 e. The SMILES string of the molecule is CN(CCCC(=O)Nc1ccc(F)cc1N)CC1CC1. The van der Waals surface area contributed by atoms with Gasteiger partial charge in [-0.1, -0.05) is 0 Å². The highest BCUT2D eigenvalue weighted by Gasteiger charge is 2.22. The summed E-state index contributed by atoms with van der Waals surface area (Å²) in [6.45, 7) is 2.05. The summed E-state index contributed by atoms with van der Waals surface area (Å²) in [6, 6.07) is 3.98. The van der Waals surface area contributed by atoms with Crippen molar-refractivity contribution in [3.63, 3.8) is 0 Å². The summed E-state index contributed by atoms with van der Waals surface area (Å²) in [5.41, 5.74) is 6.37. The number of hydrogen-bond donors (Lipinski definition) is 2. The number of benzene rings is 1. The molecule has 5 heteroatoms. The predicted octanol–water partition coefficient (Wildman–Crippen LogP) is 2.47. The highest BCUT2D eigenvalue weighted by Crippen LogP contribution is 2.29. The first-order valence-corrected chi connectivity index (χ1v) is 7.08. The minimum absolute atomic E-state index is 0.0804. The molecular weight excluding hydrogens is 257 g/mol. The zero-order valence-electron chi connectivity index (χ0n) is 11.9. The third-order valence-corrected chi connectivity index (χ3v) is 3.50. The van der Waals surface area contributed by atoms with Crippen LogP contribution in [0.2, 0.25) is 0 Å². The molecule has 1 aliphatic carbocycles. The summed E-state index contributed by atoms with van der Waals surface area (Å²) in [5, 5.41) is 2.72. The number of nitrogens with one attached hydrogen (secondary N) is 1. The molecule has 0 atom stereocenters. The number of carbonyl (C=O) groups is 1. The highest BCUT2D eigenvalue weighted by atomic mass is 19.1. The Labute approximate surface area is 119 Å². The first kappa shape index (κ1) is 14.8. The van der Waals surface area contributed by atoms with Gasteiger partial charge in [0.25, 0.3) is 0 Å². The normalized spacial score (nSPS) is 14.6. The summed E-state index contributed by atoms with van der Waals surface area (Å²) in [4.78, 5) is 14.1. The first-order chi connectivity index (χ1) is 9.54. The second-order valence-corrected chi connectivity index (χ2v) is 5.59. The van der Waals surface area contributed by atoms with E-state index in [2.05, 4.69) is 17.3 Å². The summed E-state index contributed by atoms with van der Waals surface area (Å²) < 4.78 is 12.9. The van der Waals surface area contributed by atoms with Gasteiger partial charge in [-0.15, -0.1) is 0 Å². The quantitative estimate of drug-likeness (QED) is 0.754. The van der Waals surface area contributed by atoms with Crippen molar-refractivity contribution in [2.75, 3.05) is 31.2 Å². The molecule has 0 saturated heterocycles. The Morgan fingerprint density at radius 1 is 1.50 bits per heavy atom. The van der Waals surface area contributed by atoms with Gasteiger partial charge in [-0.3, -0.25) is 4.79 Å². The molecule has 1 amide bonds. The van der Waals surface area contributed by atoms with Crippen molar-refractivity contribution in [3.05, 3.63) is 24.0 Å². The fraction of sp³-hybridized carbons (Fsp3) is 0.533. The lowest BCUT2D eigenvalue weighted by Gasteiger charge is -2.15. The van der Waals surface area contributed by atoms with Gasteiger partial charge in [0.1, 0.15) is 5.82 Å². The van der Waals surface area contributed by atoms with E-state index in [1.165, 1.54) is 31.0 Å². The lowest BCUT2D eigenvalue weighted by Crippen LogP contribution is -2.23. The van der Waals surface area contributed by atoms with Crippen molar-refractivity contribution in [3.8, 4) is 0 Å². The molecule has 0 spiro atoms. The molecule has 2 rings (SSSR count). The van der Waals surface area contributed by atoms with Crippen molar-refractivity contribution in [1.82, 2.24) is 4.90 Å². The number of hydrogen-bond acceptors (Lipinski definition) is 3. The first-order valence-electron chi connectivity index (χ1n) is 7.08. The van der Waals surface area contributed by atoms with E-state index >= 15 is 0 Å². The molecule has 4 nitrogen and oxygen atoms in total. The van der Waals surface area contributed by atoms with Gasteiger partial charge in [0.05, 0.1) is 11.4 Å². The molecule has 0 unspecified atom stereocenters. The van der Waals surface area contributed by atoms with Gasteiger partial charge < -0.3 is 16.0 Å². The van der Waals surface area contributed by atoms with Crippen LogP contribution in [0.5, 0.6) is 0 Å². The number of halogens is 1. The van der Waals surface area contributed by atoms with Crippen molar-refractivity contribution < 1.29 is 9.18 Å². The molecule has 0 aliphatic heterocycles. The molecule has 0 bridgehead atoms. The summed E-state index contributed by atoms with van der Waals surface area (Å²) in [7, 11) is 2.09. The van der Waals surface area contributed by atoms with Crippen LogP contribution in [-0.4, -0.2) is 30.9 Å². The van der Waals surface area contributed by atoms with Gasteiger partial charge >= 0.3 is 0 Å². The summed E-state index contributed by atoms with van der Waals surface area (Å²) in [5.74, 6) is 0.387. The Kier molecular flexibility index (Phi) is 4.95. The molecule has 0 radical (unpaired) electrons. The number of nitrogens with zero attached hydrogens (tertiary/aromatic N) is 1. The highest BCUT2D eigenvalue weighted by molar-refractivity contribution is 5.93. The average Bonchev–Trinajstić information content (AvgIpc) is 3.16. The van der Waals surface area contributed by atoms with Crippen molar-refractivity contribution >= 4 is 17.3 Å². The minimum atomic E-state index is -0.401. The fourth-order valence-corrected chi connectivity index (χ4v) is 2.20.